The molecule has 2 heterocycles. The summed E-state index contributed by atoms with van der Waals surface area (Å²) >= 11 is 5.76. The molecule has 0 radical (unpaired) electrons. The molecular formula is C12H10ClN3. The van der Waals surface area contributed by atoms with Crippen LogP contribution in [0.3, 0.4) is 0 Å². The summed E-state index contributed by atoms with van der Waals surface area (Å²) in [4.78, 5) is 0. The predicted octanol–water partition coefficient (Wildman–Crippen LogP) is 2.66. The van der Waals surface area contributed by atoms with E-state index in [2.05, 4.69) is 32.8 Å². The number of benzene rings is 1. The molecule has 3 nitrogen and oxygen atoms in total. The summed E-state index contributed by atoms with van der Waals surface area (Å²) in [5.41, 5.74) is 2.00. The number of halogens is 1. The smallest absolute Gasteiger partial charge is 0.161 e. The molecule has 0 fully saturated rings. The lowest BCUT2D eigenvalue weighted by Crippen LogP contribution is -1.97. The molecule has 0 unspecified atom stereocenters. The number of para-hydroxylation sites is 1. The summed E-state index contributed by atoms with van der Waals surface area (Å²) in [6, 6.07) is 12.2. The first-order chi connectivity index (χ1) is 7.90. The third-order valence-electron chi connectivity index (χ3n) is 2.66. The normalized spacial score (nSPS) is 11.3. The van der Waals surface area contributed by atoms with Crippen LogP contribution in [0.2, 0.25) is 0 Å². The van der Waals surface area contributed by atoms with Crippen molar-refractivity contribution in [1.82, 2.24) is 14.6 Å². The summed E-state index contributed by atoms with van der Waals surface area (Å²) in [6.07, 6.45) is 0.733. The SMILES string of the molecule is ClCCc1nnc2ccc3ccccc3n12. The van der Waals surface area contributed by atoms with Crippen molar-refractivity contribution in [3.05, 3.63) is 42.2 Å². The second-order valence-corrected chi connectivity index (χ2v) is 4.02. The molecular weight excluding hydrogens is 222 g/mol. The van der Waals surface area contributed by atoms with Crippen LogP contribution in [0.4, 0.5) is 0 Å². The van der Waals surface area contributed by atoms with Crippen molar-refractivity contribution < 1.29 is 0 Å². The summed E-state index contributed by atoms with van der Waals surface area (Å²) < 4.78 is 2.07. The van der Waals surface area contributed by atoms with E-state index < -0.39 is 0 Å². The van der Waals surface area contributed by atoms with Gasteiger partial charge in [-0.15, -0.1) is 21.8 Å². The van der Waals surface area contributed by atoms with Gasteiger partial charge in [0.15, 0.2) is 5.65 Å². The second-order valence-electron chi connectivity index (χ2n) is 3.64. The van der Waals surface area contributed by atoms with E-state index in [4.69, 9.17) is 11.6 Å². The van der Waals surface area contributed by atoms with Gasteiger partial charge in [-0.3, -0.25) is 4.40 Å². The predicted molar refractivity (Wildman–Crippen MR) is 64.9 cm³/mol. The Hall–Kier alpha value is -1.61. The van der Waals surface area contributed by atoms with Crippen molar-refractivity contribution in [1.29, 1.82) is 0 Å². The van der Waals surface area contributed by atoms with E-state index in [1.165, 1.54) is 5.39 Å². The van der Waals surface area contributed by atoms with Crippen LogP contribution in [0, 0.1) is 0 Å². The summed E-state index contributed by atoms with van der Waals surface area (Å²) in [6.45, 7) is 0. The number of hydrogen-bond donors (Lipinski definition) is 0. The summed E-state index contributed by atoms with van der Waals surface area (Å²) in [5.74, 6) is 1.48. The van der Waals surface area contributed by atoms with E-state index in [1.807, 2.05) is 18.2 Å². The molecule has 80 valence electrons. The fourth-order valence-electron chi connectivity index (χ4n) is 1.94. The Bertz CT molecular complexity index is 645. The largest absolute Gasteiger partial charge is 0.279 e. The van der Waals surface area contributed by atoms with Gasteiger partial charge in [0.25, 0.3) is 0 Å². The number of alkyl halides is 1. The Morgan fingerprint density at radius 1 is 1.06 bits per heavy atom. The van der Waals surface area contributed by atoms with E-state index in [9.17, 15) is 0 Å². The Labute approximate surface area is 97.7 Å². The first-order valence-corrected chi connectivity index (χ1v) is 5.71. The zero-order valence-electron chi connectivity index (χ0n) is 8.60. The number of aromatic nitrogens is 3. The number of hydrogen-bond acceptors (Lipinski definition) is 2. The molecule has 0 atom stereocenters. The molecule has 0 bridgehead atoms. The van der Waals surface area contributed by atoms with Crippen LogP contribution in [0.15, 0.2) is 36.4 Å². The van der Waals surface area contributed by atoms with Crippen molar-refractivity contribution in [2.45, 2.75) is 6.42 Å². The average molecular weight is 232 g/mol. The molecule has 0 N–H and O–H groups in total. The zero-order valence-corrected chi connectivity index (χ0v) is 9.35. The lowest BCUT2D eigenvalue weighted by atomic mass is 10.2. The zero-order chi connectivity index (χ0) is 11.0. The van der Waals surface area contributed by atoms with Gasteiger partial charge in [-0.25, -0.2) is 0 Å². The van der Waals surface area contributed by atoms with Crippen LogP contribution in [0.5, 0.6) is 0 Å². The van der Waals surface area contributed by atoms with E-state index >= 15 is 0 Å². The van der Waals surface area contributed by atoms with Crippen LogP contribution >= 0.6 is 11.6 Å². The van der Waals surface area contributed by atoms with Gasteiger partial charge < -0.3 is 0 Å². The average Bonchev–Trinajstić information content (AvgIpc) is 2.73. The van der Waals surface area contributed by atoms with Gasteiger partial charge in [-0.2, -0.15) is 0 Å². The minimum Gasteiger partial charge on any atom is -0.279 e. The minimum atomic E-state index is 0.560. The van der Waals surface area contributed by atoms with Crippen LogP contribution < -0.4 is 0 Å². The molecule has 0 aliphatic carbocycles. The number of pyridine rings is 1. The van der Waals surface area contributed by atoms with Crippen molar-refractivity contribution in [3.8, 4) is 0 Å². The van der Waals surface area contributed by atoms with Gasteiger partial charge in [0.05, 0.1) is 5.52 Å². The number of rotatable bonds is 2. The number of fused-ring (bicyclic) bond motifs is 3. The first-order valence-electron chi connectivity index (χ1n) is 5.18. The molecule has 0 saturated carbocycles. The maximum atomic E-state index is 5.76. The first kappa shape index (κ1) is 9.60. The number of nitrogens with zero attached hydrogens (tertiary/aromatic N) is 3. The van der Waals surface area contributed by atoms with E-state index in [0.717, 1.165) is 23.4 Å². The van der Waals surface area contributed by atoms with Gasteiger partial charge >= 0.3 is 0 Å². The molecule has 1 aromatic carbocycles. The topological polar surface area (TPSA) is 30.2 Å². The Morgan fingerprint density at radius 3 is 2.81 bits per heavy atom. The molecule has 0 saturated heterocycles. The van der Waals surface area contributed by atoms with Crippen molar-refractivity contribution in [2.75, 3.05) is 5.88 Å². The molecule has 4 heteroatoms. The van der Waals surface area contributed by atoms with E-state index in [-0.39, 0.29) is 0 Å². The van der Waals surface area contributed by atoms with Crippen molar-refractivity contribution in [2.24, 2.45) is 0 Å². The fourth-order valence-corrected chi connectivity index (χ4v) is 2.11. The van der Waals surface area contributed by atoms with Gasteiger partial charge in [0.1, 0.15) is 5.82 Å². The monoisotopic (exact) mass is 231 g/mol. The summed E-state index contributed by atoms with van der Waals surface area (Å²) in [5, 5.41) is 9.49. The summed E-state index contributed by atoms with van der Waals surface area (Å²) in [7, 11) is 0. The maximum Gasteiger partial charge on any atom is 0.161 e. The molecule has 3 rings (SSSR count). The highest BCUT2D eigenvalue weighted by Gasteiger charge is 2.07. The molecule has 0 spiro atoms. The Morgan fingerprint density at radius 2 is 1.94 bits per heavy atom. The molecule has 0 aliphatic heterocycles. The fraction of sp³-hybridized carbons (Fsp3) is 0.167. The van der Waals surface area contributed by atoms with Gasteiger partial charge in [0, 0.05) is 12.3 Å². The lowest BCUT2D eigenvalue weighted by Gasteiger charge is -2.03. The Balaban J connectivity index is 2.42. The molecule has 16 heavy (non-hydrogen) atoms. The van der Waals surface area contributed by atoms with E-state index in [1.54, 1.807) is 0 Å². The van der Waals surface area contributed by atoms with Crippen molar-refractivity contribution in [3.63, 3.8) is 0 Å². The lowest BCUT2D eigenvalue weighted by molar-refractivity contribution is 0.927. The minimum absolute atomic E-state index is 0.560. The third kappa shape index (κ3) is 1.36. The quantitative estimate of drug-likeness (QED) is 0.635. The van der Waals surface area contributed by atoms with Crippen LogP contribution in [0.1, 0.15) is 5.82 Å². The highest BCUT2D eigenvalue weighted by molar-refractivity contribution is 6.17. The maximum absolute atomic E-state index is 5.76. The van der Waals surface area contributed by atoms with Crippen LogP contribution in [-0.4, -0.2) is 20.5 Å². The van der Waals surface area contributed by atoms with Crippen LogP contribution in [-0.2, 0) is 6.42 Å². The second kappa shape index (κ2) is 3.76. The molecule has 3 aromatic rings. The molecule has 2 aromatic heterocycles. The van der Waals surface area contributed by atoms with Gasteiger partial charge in [-0.05, 0) is 23.6 Å². The number of aryl methyl sites for hydroxylation is 1. The van der Waals surface area contributed by atoms with Gasteiger partial charge in [0.2, 0.25) is 0 Å². The Kier molecular flexibility index (Phi) is 2.26. The van der Waals surface area contributed by atoms with Crippen LogP contribution in [0.25, 0.3) is 16.6 Å². The van der Waals surface area contributed by atoms with Gasteiger partial charge in [-0.1, -0.05) is 18.2 Å². The highest BCUT2D eigenvalue weighted by Crippen LogP contribution is 2.17. The third-order valence-corrected chi connectivity index (χ3v) is 2.85. The highest BCUT2D eigenvalue weighted by atomic mass is 35.5. The molecule has 0 amide bonds. The van der Waals surface area contributed by atoms with Crippen molar-refractivity contribution >= 4 is 28.2 Å². The van der Waals surface area contributed by atoms with E-state index in [0.29, 0.717) is 5.88 Å². The standard InChI is InChI=1S/C12H10ClN3/c13-8-7-12-15-14-11-6-5-9-3-1-2-4-10(9)16(11)12/h1-6H,7-8H2. The molecule has 0 aliphatic rings.